The maximum atomic E-state index is 5.76. The lowest BCUT2D eigenvalue weighted by Crippen LogP contribution is -2.04. The second-order valence-corrected chi connectivity index (χ2v) is 5.59. The third kappa shape index (κ3) is 2.85. The molecular formula is C16H15BrN2O. The molecule has 20 heavy (non-hydrogen) atoms. The van der Waals surface area contributed by atoms with Gasteiger partial charge in [0.2, 0.25) is 0 Å². The van der Waals surface area contributed by atoms with E-state index in [0.717, 1.165) is 40.1 Å². The molecule has 4 heteroatoms. The fraction of sp³-hybridized carbons (Fsp3) is 0.188. The molecule has 2 aromatic carbocycles. The molecule has 0 aliphatic rings. The summed E-state index contributed by atoms with van der Waals surface area (Å²) in [5.41, 5.74) is 4.09. The monoisotopic (exact) mass is 330 g/mol. The molecule has 1 aromatic heterocycles. The van der Waals surface area contributed by atoms with Gasteiger partial charge in [0.15, 0.2) is 11.5 Å². The number of nitrogens with one attached hydrogen (secondary N) is 1. The van der Waals surface area contributed by atoms with Crippen molar-refractivity contribution in [2.75, 3.05) is 11.9 Å². The lowest BCUT2D eigenvalue weighted by atomic mass is 10.2. The lowest BCUT2D eigenvalue weighted by Gasteiger charge is -2.04. The summed E-state index contributed by atoms with van der Waals surface area (Å²) < 4.78 is 6.70. The third-order valence-electron chi connectivity index (χ3n) is 3.13. The van der Waals surface area contributed by atoms with Crippen LogP contribution in [0.1, 0.15) is 11.5 Å². The fourth-order valence-electron chi connectivity index (χ4n) is 2.05. The maximum Gasteiger partial charge on any atom is 0.197 e. The van der Waals surface area contributed by atoms with E-state index in [1.54, 1.807) is 0 Å². The molecule has 3 rings (SSSR count). The van der Waals surface area contributed by atoms with Crippen LogP contribution in [0.25, 0.3) is 11.1 Å². The highest BCUT2D eigenvalue weighted by atomic mass is 79.9. The number of fused-ring (bicyclic) bond motifs is 1. The normalized spacial score (nSPS) is 10.9. The van der Waals surface area contributed by atoms with Crippen LogP contribution in [0.4, 0.5) is 5.69 Å². The summed E-state index contributed by atoms with van der Waals surface area (Å²) >= 11 is 3.47. The van der Waals surface area contributed by atoms with Crippen molar-refractivity contribution >= 4 is 32.7 Å². The van der Waals surface area contributed by atoms with Crippen LogP contribution in [-0.2, 0) is 6.42 Å². The van der Waals surface area contributed by atoms with Crippen LogP contribution in [0, 0.1) is 6.92 Å². The summed E-state index contributed by atoms with van der Waals surface area (Å²) in [6, 6.07) is 14.2. The van der Waals surface area contributed by atoms with Crippen molar-refractivity contribution in [3.05, 3.63) is 58.4 Å². The molecule has 0 spiro atoms. The predicted molar refractivity (Wildman–Crippen MR) is 85.1 cm³/mol. The SMILES string of the molecule is Cc1ccc(NCCc2nc3cccc(Br)c3o2)cc1. The Labute approximate surface area is 126 Å². The zero-order valence-corrected chi connectivity index (χ0v) is 12.8. The highest BCUT2D eigenvalue weighted by Gasteiger charge is 2.07. The molecule has 102 valence electrons. The fourth-order valence-corrected chi connectivity index (χ4v) is 2.49. The lowest BCUT2D eigenvalue weighted by molar-refractivity contribution is 0.532. The molecule has 0 atom stereocenters. The van der Waals surface area contributed by atoms with Gasteiger partial charge in [-0.25, -0.2) is 4.98 Å². The summed E-state index contributed by atoms with van der Waals surface area (Å²) in [6.07, 6.45) is 0.759. The smallest absolute Gasteiger partial charge is 0.197 e. The Morgan fingerprint density at radius 2 is 1.95 bits per heavy atom. The first-order chi connectivity index (χ1) is 9.72. The zero-order valence-electron chi connectivity index (χ0n) is 11.2. The summed E-state index contributed by atoms with van der Waals surface area (Å²) in [5.74, 6) is 0.756. The van der Waals surface area contributed by atoms with Crippen LogP contribution >= 0.6 is 15.9 Å². The molecule has 0 saturated carbocycles. The van der Waals surface area contributed by atoms with Crippen LogP contribution in [0.3, 0.4) is 0 Å². The number of aryl methyl sites for hydroxylation is 1. The van der Waals surface area contributed by atoms with E-state index in [0.29, 0.717) is 0 Å². The molecule has 0 radical (unpaired) electrons. The van der Waals surface area contributed by atoms with Gasteiger partial charge in [0.05, 0.1) is 4.47 Å². The molecule has 3 nitrogen and oxygen atoms in total. The van der Waals surface area contributed by atoms with Crippen LogP contribution in [0.2, 0.25) is 0 Å². The van der Waals surface area contributed by atoms with E-state index in [-0.39, 0.29) is 0 Å². The number of oxazole rings is 1. The number of aromatic nitrogens is 1. The minimum absolute atomic E-state index is 0.756. The number of nitrogens with zero attached hydrogens (tertiary/aromatic N) is 1. The Hall–Kier alpha value is -1.81. The van der Waals surface area contributed by atoms with Crippen molar-refractivity contribution in [1.29, 1.82) is 0 Å². The van der Waals surface area contributed by atoms with Gasteiger partial charge in [0, 0.05) is 18.7 Å². The van der Waals surface area contributed by atoms with Gasteiger partial charge in [-0.1, -0.05) is 23.8 Å². The minimum atomic E-state index is 0.756. The van der Waals surface area contributed by atoms with E-state index in [1.165, 1.54) is 5.56 Å². The molecule has 0 saturated heterocycles. The maximum absolute atomic E-state index is 5.76. The quantitative estimate of drug-likeness (QED) is 0.762. The van der Waals surface area contributed by atoms with E-state index in [9.17, 15) is 0 Å². The van der Waals surface area contributed by atoms with Crippen molar-refractivity contribution in [3.8, 4) is 0 Å². The van der Waals surface area contributed by atoms with Crippen LogP contribution in [0.5, 0.6) is 0 Å². The zero-order chi connectivity index (χ0) is 13.9. The largest absolute Gasteiger partial charge is 0.439 e. The van der Waals surface area contributed by atoms with Crippen LogP contribution < -0.4 is 5.32 Å². The summed E-state index contributed by atoms with van der Waals surface area (Å²) in [7, 11) is 0. The molecule has 0 aliphatic heterocycles. The Kier molecular flexibility index (Phi) is 3.74. The van der Waals surface area contributed by atoms with Gasteiger partial charge >= 0.3 is 0 Å². The van der Waals surface area contributed by atoms with Gasteiger partial charge in [0.25, 0.3) is 0 Å². The second-order valence-electron chi connectivity index (χ2n) is 4.74. The highest BCUT2D eigenvalue weighted by Crippen LogP contribution is 2.24. The number of halogens is 1. The van der Waals surface area contributed by atoms with Gasteiger partial charge in [-0.15, -0.1) is 0 Å². The number of anilines is 1. The number of rotatable bonds is 4. The van der Waals surface area contributed by atoms with E-state index < -0.39 is 0 Å². The van der Waals surface area contributed by atoms with Crippen molar-refractivity contribution in [3.63, 3.8) is 0 Å². The number of para-hydroxylation sites is 1. The summed E-state index contributed by atoms with van der Waals surface area (Å²) in [4.78, 5) is 4.48. The van der Waals surface area contributed by atoms with E-state index in [2.05, 4.69) is 57.4 Å². The first-order valence-corrected chi connectivity index (χ1v) is 7.36. The van der Waals surface area contributed by atoms with Crippen LogP contribution in [0.15, 0.2) is 51.4 Å². The molecule has 0 unspecified atom stereocenters. The molecule has 0 fully saturated rings. The molecule has 0 aliphatic carbocycles. The highest BCUT2D eigenvalue weighted by molar-refractivity contribution is 9.10. The van der Waals surface area contributed by atoms with Gasteiger partial charge in [0.1, 0.15) is 5.52 Å². The molecule has 0 amide bonds. The average Bonchev–Trinajstić information content (AvgIpc) is 2.85. The van der Waals surface area contributed by atoms with Gasteiger partial charge in [-0.3, -0.25) is 0 Å². The first kappa shape index (κ1) is 13.2. The van der Waals surface area contributed by atoms with Gasteiger partial charge in [-0.05, 0) is 47.1 Å². The molecule has 1 N–H and O–H groups in total. The Balaban J connectivity index is 1.65. The molecule has 1 heterocycles. The summed E-state index contributed by atoms with van der Waals surface area (Å²) in [6.45, 7) is 2.88. The number of hydrogen-bond donors (Lipinski definition) is 1. The van der Waals surface area contributed by atoms with E-state index in [1.807, 2.05) is 18.2 Å². The molecule has 3 aromatic rings. The Morgan fingerprint density at radius 1 is 1.15 bits per heavy atom. The molecule has 0 bridgehead atoms. The van der Waals surface area contributed by atoms with E-state index >= 15 is 0 Å². The average molecular weight is 331 g/mol. The topological polar surface area (TPSA) is 38.1 Å². The number of hydrogen-bond acceptors (Lipinski definition) is 3. The van der Waals surface area contributed by atoms with Crippen molar-refractivity contribution in [2.45, 2.75) is 13.3 Å². The standard InChI is InChI=1S/C16H15BrN2O/c1-11-5-7-12(8-6-11)18-10-9-15-19-14-4-2-3-13(17)16(14)20-15/h2-8,18H,9-10H2,1H3. The van der Waals surface area contributed by atoms with Gasteiger partial charge < -0.3 is 9.73 Å². The molecular weight excluding hydrogens is 316 g/mol. The Bertz CT molecular complexity index is 719. The second kappa shape index (κ2) is 5.67. The van der Waals surface area contributed by atoms with Crippen molar-refractivity contribution < 1.29 is 4.42 Å². The van der Waals surface area contributed by atoms with E-state index in [4.69, 9.17) is 4.42 Å². The number of benzene rings is 2. The first-order valence-electron chi connectivity index (χ1n) is 6.57. The minimum Gasteiger partial charge on any atom is -0.439 e. The Morgan fingerprint density at radius 3 is 2.70 bits per heavy atom. The van der Waals surface area contributed by atoms with Crippen LogP contribution in [-0.4, -0.2) is 11.5 Å². The van der Waals surface area contributed by atoms with Gasteiger partial charge in [-0.2, -0.15) is 0 Å². The van der Waals surface area contributed by atoms with Crippen molar-refractivity contribution in [2.24, 2.45) is 0 Å². The predicted octanol–water partition coefficient (Wildman–Crippen LogP) is 4.55. The third-order valence-corrected chi connectivity index (χ3v) is 3.76. The van der Waals surface area contributed by atoms with Crippen molar-refractivity contribution in [1.82, 2.24) is 4.98 Å². The summed E-state index contributed by atoms with van der Waals surface area (Å²) in [5, 5.41) is 3.37.